The summed E-state index contributed by atoms with van der Waals surface area (Å²) in [7, 11) is 0. The number of fused-ring (bicyclic) bond motifs is 1. The highest BCUT2D eigenvalue weighted by atomic mass is 35.5. The van der Waals surface area contributed by atoms with E-state index in [2.05, 4.69) is 16.3 Å². The number of rotatable bonds is 4. The molecule has 116 valence electrons. The summed E-state index contributed by atoms with van der Waals surface area (Å²) in [5.41, 5.74) is 2.01. The van der Waals surface area contributed by atoms with E-state index < -0.39 is 0 Å². The molecule has 0 atom stereocenters. The van der Waals surface area contributed by atoms with Gasteiger partial charge in [-0.3, -0.25) is 9.48 Å². The van der Waals surface area contributed by atoms with E-state index in [1.54, 1.807) is 0 Å². The molecule has 4 nitrogen and oxygen atoms in total. The van der Waals surface area contributed by atoms with E-state index in [-0.39, 0.29) is 12.5 Å². The number of hydrogen-bond donors (Lipinski definition) is 1. The quantitative estimate of drug-likeness (QED) is 0.737. The van der Waals surface area contributed by atoms with Gasteiger partial charge in [0.2, 0.25) is 0 Å². The third-order valence-electron chi connectivity index (χ3n) is 3.43. The Morgan fingerprint density at radius 2 is 2.17 bits per heavy atom. The molecular weight excluding hydrogens is 330 g/mol. The zero-order valence-corrected chi connectivity index (χ0v) is 14.0. The molecule has 0 unspecified atom stereocenters. The fourth-order valence-corrected chi connectivity index (χ4v) is 3.52. The van der Waals surface area contributed by atoms with E-state index in [0.717, 1.165) is 21.5 Å². The molecule has 0 aliphatic carbocycles. The molecule has 1 N–H and O–H groups in total. The van der Waals surface area contributed by atoms with Gasteiger partial charge in [-0.1, -0.05) is 29.7 Å². The molecule has 2 aromatic heterocycles. The molecule has 3 rings (SSSR count). The number of thiophene rings is 1. The lowest BCUT2D eigenvalue weighted by atomic mass is 10.2. The van der Waals surface area contributed by atoms with Crippen molar-refractivity contribution in [1.82, 2.24) is 15.1 Å². The highest BCUT2D eigenvalue weighted by molar-refractivity contribution is 7.20. The maximum absolute atomic E-state index is 12.0. The molecule has 0 radical (unpaired) electrons. The normalized spacial score (nSPS) is 10.7. The molecule has 2 heterocycles. The number of halogens is 1. The van der Waals surface area contributed by atoms with Gasteiger partial charge < -0.3 is 5.32 Å². The van der Waals surface area contributed by atoms with Gasteiger partial charge in [-0.05, 0) is 30.7 Å². The van der Waals surface area contributed by atoms with Crippen molar-refractivity contribution >= 4 is 39.1 Å². The van der Waals surface area contributed by atoms with Crippen LogP contribution in [0.4, 0.5) is 0 Å². The van der Waals surface area contributed by atoms with Crippen LogP contribution in [-0.2, 0) is 6.54 Å². The topological polar surface area (TPSA) is 46.9 Å². The van der Waals surface area contributed by atoms with Crippen LogP contribution in [0.3, 0.4) is 0 Å². The number of terminal acetylenes is 1. The van der Waals surface area contributed by atoms with Crippen molar-refractivity contribution in [2.24, 2.45) is 0 Å². The molecule has 0 spiro atoms. The Hall–Kier alpha value is -2.29. The molecule has 1 aromatic carbocycles. The molecular formula is C17H14ClN3OS. The Morgan fingerprint density at radius 3 is 2.87 bits per heavy atom. The molecule has 0 aliphatic rings. The van der Waals surface area contributed by atoms with Gasteiger partial charge in [-0.25, -0.2) is 0 Å². The fourth-order valence-electron chi connectivity index (χ4n) is 2.31. The first kappa shape index (κ1) is 15.6. The van der Waals surface area contributed by atoms with Gasteiger partial charge in [0.05, 0.1) is 23.7 Å². The number of amides is 1. The zero-order valence-electron chi connectivity index (χ0n) is 12.5. The number of benzene rings is 1. The summed E-state index contributed by atoms with van der Waals surface area (Å²) in [5, 5.41) is 8.95. The maximum atomic E-state index is 12.0. The van der Waals surface area contributed by atoms with Crippen LogP contribution in [0.25, 0.3) is 10.2 Å². The first-order valence-corrected chi connectivity index (χ1v) is 8.21. The molecule has 3 aromatic rings. The van der Waals surface area contributed by atoms with Crippen molar-refractivity contribution in [2.45, 2.75) is 13.5 Å². The van der Waals surface area contributed by atoms with Crippen molar-refractivity contribution in [3.05, 3.63) is 51.5 Å². The summed E-state index contributed by atoms with van der Waals surface area (Å²) in [5.74, 6) is 2.25. The minimum atomic E-state index is -0.151. The Bertz CT molecular complexity index is 902. The monoisotopic (exact) mass is 343 g/mol. The number of carbonyl (C=O) groups is 1. The summed E-state index contributed by atoms with van der Waals surface area (Å²) < 4.78 is 1.91. The van der Waals surface area contributed by atoms with Crippen LogP contribution in [0, 0.1) is 19.3 Å². The summed E-state index contributed by atoms with van der Waals surface area (Å²) in [6.07, 6.45) is 5.17. The van der Waals surface area contributed by atoms with Crippen LogP contribution in [0.15, 0.2) is 30.3 Å². The van der Waals surface area contributed by atoms with Gasteiger partial charge in [-0.15, -0.1) is 17.8 Å². The Balaban J connectivity index is 1.92. The minimum absolute atomic E-state index is 0.151. The van der Waals surface area contributed by atoms with Gasteiger partial charge in [0.25, 0.3) is 5.91 Å². The fraction of sp³-hybridized carbons (Fsp3) is 0.176. The number of aromatic nitrogens is 2. The maximum Gasteiger partial charge on any atom is 0.262 e. The Kier molecular flexibility index (Phi) is 4.37. The first-order chi connectivity index (χ1) is 11.1. The van der Waals surface area contributed by atoms with Crippen molar-refractivity contribution in [3.8, 4) is 12.3 Å². The first-order valence-electron chi connectivity index (χ1n) is 7.01. The van der Waals surface area contributed by atoms with E-state index in [9.17, 15) is 4.79 Å². The summed E-state index contributed by atoms with van der Waals surface area (Å²) in [4.78, 5) is 13.7. The largest absolute Gasteiger partial charge is 0.340 e. The highest BCUT2D eigenvalue weighted by Gasteiger charge is 2.16. The molecule has 23 heavy (non-hydrogen) atoms. The van der Waals surface area contributed by atoms with Gasteiger partial charge in [0, 0.05) is 10.4 Å². The number of hydrogen-bond acceptors (Lipinski definition) is 3. The predicted molar refractivity (Wildman–Crippen MR) is 94.1 cm³/mol. The van der Waals surface area contributed by atoms with Crippen molar-refractivity contribution in [3.63, 3.8) is 0 Å². The third-order valence-corrected chi connectivity index (χ3v) is 4.83. The van der Waals surface area contributed by atoms with Crippen LogP contribution in [0.1, 0.15) is 20.9 Å². The summed E-state index contributed by atoms with van der Waals surface area (Å²) >= 11 is 7.33. The molecule has 0 saturated carbocycles. The summed E-state index contributed by atoms with van der Waals surface area (Å²) in [6, 6.07) is 9.53. The molecule has 1 amide bonds. The smallest absolute Gasteiger partial charge is 0.262 e. The second kappa shape index (κ2) is 6.45. The van der Waals surface area contributed by atoms with Crippen LogP contribution in [0.5, 0.6) is 0 Å². The average molecular weight is 344 g/mol. The summed E-state index contributed by atoms with van der Waals surface area (Å²) in [6.45, 7) is 2.80. The lowest BCUT2D eigenvalue weighted by molar-refractivity contribution is 0.0963. The standard InChI is InChI=1S/C17H14ClN3OS/c1-3-8-19-16(22)15-9-14-11(2)20-21(17(14)23-15)10-12-4-6-13(18)7-5-12/h1,4-7,9H,8,10H2,2H3,(H,19,22). The Morgan fingerprint density at radius 1 is 1.43 bits per heavy atom. The predicted octanol–water partition coefficient (Wildman–Crippen LogP) is 3.47. The van der Waals surface area contributed by atoms with E-state index in [4.69, 9.17) is 18.0 Å². The van der Waals surface area contributed by atoms with Gasteiger partial charge in [0.1, 0.15) is 4.83 Å². The Labute approximate surface area is 143 Å². The molecule has 0 aliphatic heterocycles. The lowest BCUT2D eigenvalue weighted by Crippen LogP contribution is -2.22. The highest BCUT2D eigenvalue weighted by Crippen LogP contribution is 2.29. The third kappa shape index (κ3) is 3.24. The SMILES string of the molecule is C#CCNC(=O)c1cc2c(C)nn(Cc3ccc(Cl)cc3)c2s1. The number of nitrogens with one attached hydrogen (secondary N) is 1. The zero-order chi connectivity index (χ0) is 16.4. The molecule has 0 saturated heterocycles. The van der Waals surface area contributed by atoms with Crippen molar-refractivity contribution < 1.29 is 4.79 Å². The molecule has 6 heteroatoms. The molecule has 0 fully saturated rings. The van der Waals surface area contributed by atoms with Crippen molar-refractivity contribution in [1.29, 1.82) is 0 Å². The van der Waals surface area contributed by atoms with E-state index in [0.29, 0.717) is 16.4 Å². The lowest BCUT2D eigenvalue weighted by Gasteiger charge is -2.03. The van der Waals surface area contributed by atoms with Gasteiger partial charge in [-0.2, -0.15) is 5.10 Å². The second-order valence-corrected chi connectivity index (χ2v) is 6.55. The van der Waals surface area contributed by atoms with Gasteiger partial charge in [0.15, 0.2) is 0 Å². The van der Waals surface area contributed by atoms with E-state index >= 15 is 0 Å². The van der Waals surface area contributed by atoms with Gasteiger partial charge >= 0.3 is 0 Å². The number of nitrogens with zero attached hydrogens (tertiary/aromatic N) is 2. The molecule has 0 bridgehead atoms. The van der Waals surface area contributed by atoms with Crippen LogP contribution in [0.2, 0.25) is 5.02 Å². The minimum Gasteiger partial charge on any atom is -0.340 e. The number of carbonyl (C=O) groups excluding carboxylic acids is 1. The van der Waals surface area contributed by atoms with E-state index in [1.807, 2.05) is 41.9 Å². The van der Waals surface area contributed by atoms with Crippen LogP contribution >= 0.6 is 22.9 Å². The van der Waals surface area contributed by atoms with E-state index in [1.165, 1.54) is 11.3 Å². The second-order valence-electron chi connectivity index (χ2n) is 5.09. The number of aryl methyl sites for hydroxylation is 1. The van der Waals surface area contributed by atoms with Crippen LogP contribution in [-0.4, -0.2) is 22.2 Å². The van der Waals surface area contributed by atoms with Crippen LogP contribution < -0.4 is 5.32 Å². The van der Waals surface area contributed by atoms with Crippen molar-refractivity contribution in [2.75, 3.05) is 6.54 Å². The average Bonchev–Trinajstić information content (AvgIpc) is 3.09.